The number of hydrogen-bond acceptors (Lipinski definition) is 5. The van der Waals surface area contributed by atoms with Gasteiger partial charge in [0, 0.05) is 23.9 Å². The zero-order valence-electron chi connectivity index (χ0n) is 15.9. The lowest BCUT2D eigenvalue weighted by Crippen LogP contribution is -2.29. The van der Waals surface area contributed by atoms with Gasteiger partial charge in [0.2, 0.25) is 0 Å². The Morgan fingerprint density at radius 3 is 2.58 bits per heavy atom. The van der Waals surface area contributed by atoms with Crippen molar-refractivity contribution in [3.8, 4) is 17.0 Å². The highest BCUT2D eigenvalue weighted by Crippen LogP contribution is 2.37. The van der Waals surface area contributed by atoms with Crippen molar-refractivity contribution in [3.05, 3.63) is 64.8 Å². The van der Waals surface area contributed by atoms with E-state index in [9.17, 15) is 27.9 Å². The molecule has 0 radical (unpaired) electrons. The van der Waals surface area contributed by atoms with Gasteiger partial charge in [-0.05, 0) is 36.4 Å². The van der Waals surface area contributed by atoms with Crippen LogP contribution in [0.2, 0.25) is 5.02 Å². The van der Waals surface area contributed by atoms with Crippen molar-refractivity contribution in [1.29, 1.82) is 0 Å². The molecule has 0 aliphatic rings. The molecule has 0 aliphatic heterocycles. The molecule has 11 heteroatoms. The van der Waals surface area contributed by atoms with Crippen molar-refractivity contribution in [2.75, 3.05) is 11.9 Å². The van der Waals surface area contributed by atoms with Crippen LogP contribution in [0.1, 0.15) is 15.9 Å². The second-order valence-electron chi connectivity index (χ2n) is 6.37. The maximum Gasteiger partial charge on any atom is 0.416 e. The topological polar surface area (TPSA) is 96.3 Å². The predicted octanol–water partition coefficient (Wildman–Crippen LogP) is 3.14. The van der Waals surface area contributed by atoms with Gasteiger partial charge in [0.25, 0.3) is 5.91 Å². The number of nitrogens with one attached hydrogen (secondary N) is 1. The van der Waals surface area contributed by atoms with Crippen molar-refractivity contribution >= 4 is 29.2 Å². The Bertz CT molecular complexity index is 1130. The number of aryl methyl sites for hydroxylation is 1. The molecule has 0 saturated heterocycles. The molecule has 1 heterocycles. The second kappa shape index (κ2) is 8.68. The lowest BCUT2D eigenvalue weighted by atomic mass is 10.1. The molecular weight excluding hydrogens is 439 g/mol. The van der Waals surface area contributed by atoms with E-state index in [2.05, 4.69) is 10.4 Å². The van der Waals surface area contributed by atoms with E-state index in [-0.39, 0.29) is 22.0 Å². The third-order valence-corrected chi connectivity index (χ3v) is 4.46. The summed E-state index contributed by atoms with van der Waals surface area (Å²) in [6.07, 6.45) is -3.22. The quantitative estimate of drug-likeness (QED) is 0.620. The van der Waals surface area contributed by atoms with E-state index >= 15 is 0 Å². The fourth-order valence-electron chi connectivity index (χ4n) is 2.81. The zero-order valence-corrected chi connectivity index (χ0v) is 16.6. The Morgan fingerprint density at radius 1 is 1.23 bits per heavy atom. The van der Waals surface area contributed by atoms with Gasteiger partial charge in [0.15, 0.2) is 0 Å². The molecule has 7 nitrogen and oxygen atoms in total. The summed E-state index contributed by atoms with van der Waals surface area (Å²) in [5.74, 6) is -2.08. The van der Waals surface area contributed by atoms with Crippen LogP contribution in [0.3, 0.4) is 0 Å². The number of benzene rings is 2. The number of rotatable bonds is 6. The van der Waals surface area contributed by atoms with Crippen LogP contribution in [0.4, 0.5) is 18.9 Å². The van der Waals surface area contributed by atoms with E-state index in [0.29, 0.717) is 11.3 Å². The number of carbonyl (C=O) groups excluding carboxylic acids is 2. The maximum atomic E-state index is 12.9. The molecule has 1 amide bonds. The van der Waals surface area contributed by atoms with Crippen molar-refractivity contribution in [2.45, 2.75) is 6.18 Å². The molecule has 0 atom stereocenters. The summed E-state index contributed by atoms with van der Waals surface area (Å²) in [7, 11) is 1.59. The van der Waals surface area contributed by atoms with E-state index < -0.39 is 30.2 Å². The van der Waals surface area contributed by atoms with E-state index in [1.165, 1.54) is 35.1 Å². The number of ether oxygens (including phenoxy) is 1. The van der Waals surface area contributed by atoms with Crippen molar-refractivity contribution < 1.29 is 32.6 Å². The Kier molecular flexibility index (Phi) is 6.21. The van der Waals surface area contributed by atoms with Gasteiger partial charge in [-0.1, -0.05) is 17.7 Å². The summed E-state index contributed by atoms with van der Waals surface area (Å²) in [4.78, 5) is 23.2. The van der Waals surface area contributed by atoms with Crippen LogP contribution in [0, 0.1) is 0 Å². The number of hydrogen-bond donors (Lipinski definition) is 1. The Hall–Kier alpha value is -3.53. The first kappa shape index (κ1) is 22.2. The third-order valence-electron chi connectivity index (χ3n) is 4.18. The largest absolute Gasteiger partial charge is 0.546 e. The lowest BCUT2D eigenvalue weighted by molar-refractivity contribution is -0.307. The molecular formula is C20H14ClF3N3O4-. The zero-order chi connectivity index (χ0) is 22.8. The van der Waals surface area contributed by atoms with Crippen LogP contribution < -0.4 is 15.2 Å². The standard InChI is InChI=1S/C20H15ClF3N3O4/c1-27-18(15(21)9-25-27)14-8-13(5-6-16(14)31-10-17(28)29)26-19(30)11-3-2-4-12(7-11)20(22,23)24/h2-9H,10H2,1H3,(H,26,30)(H,28,29)/p-1. The first-order chi connectivity index (χ1) is 14.6. The van der Waals surface area contributed by atoms with Gasteiger partial charge < -0.3 is 20.0 Å². The third kappa shape index (κ3) is 5.15. The molecule has 2 aromatic carbocycles. The number of halogens is 4. The summed E-state index contributed by atoms with van der Waals surface area (Å²) >= 11 is 6.17. The highest BCUT2D eigenvalue weighted by Gasteiger charge is 2.31. The molecule has 0 bridgehead atoms. The van der Waals surface area contributed by atoms with E-state index in [4.69, 9.17) is 16.3 Å². The SMILES string of the molecule is Cn1ncc(Cl)c1-c1cc(NC(=O)c2cccc(C(F)(F)F)c2)ccc1OCC(=O)[O-]. The molecule has 3 rings (SSSR count). The fourth-order valence-corrected chi connectivity index (χ4v) is 3.08. The van der Waals surface area contributed by atoms with Crippen LogP contribution in [-0.4, -0.2) is 28.3 Å². The molecule has 3 aromatic rings. The Morgan fingerprint density at radius 2 is 1.97 bits per heavy atom. The molecule has 0 spiro atoms. The molecule has 0 aliphatic carbocycles. The number of alkyl halides is 3. The maximum absolute atomic E-state index is 12.9. The van der Waals surface area contributed by atoms with Gasteiger partial charge in [0.05, 0.1) is 28.4 Å². The summed E-state index contributed by atoms with van der Waals surface area (Å²) in [5.41, 5.74) is -0.227. The van der Waals surface area contributed by atoms with Gasteiger partial charge in [0.1, 0.15) is 12.4 Å². The fraction of sp³-hybridized carbons (Fsp3) is 0.150. The summed E-state index contributed by atoms with van der Waals surface area (Å²) in [5, 5.41) is 17.5. The minimum absolute atomic E-state index is 0.131. The highest BCUT2D eigenvalue weighted by atomic mass is 35.5. The van der Waals surface area contributed by atoms with Gasteiger partial charge >= 0.3 is 6.18 Å². The van der Waals surface area contributed by atoms with E-state index in [1.54, 1.807) is 7.05 Å². The van der Waals surface area contributed by atoms with Crippen molar-refractivity contribution in [1.82, 2.24) is 9.78 Å². The van der Waals surface area contributed by atoms with E-state index in [1.807, 2.05) is 0 Å². The number of amides is 1. The molecule has 1 N–H and O–H groups in total. The van der Waals surface area contributed by atoms with E-state index in [0.717, 1.165) is 18.2 Å². The van der Waals surface area contributed by atoms with Crippen LogP contribution >= 0.6 is 11.6 Å². The van der Waals surface area contributed by atoms with Crippen LogP contribution in [0.15, 0.2) is 48.7 Å². The number of carbonyl (C=O) groups is 2. The molecule has 0 unspecified atom stereocenters. The monoisotopic (exact) mass is 452 g/mol. The Labute approximate surface area is 179 Å². The van der Waals surface area contributed by atoms with Crippen LogP contribution in [0.5, 0.6) is 5.75 Å². The summed E-state index contributed by atoms with van der Waals surface area (Å²) < 4.78 is 45.4. The minimum atomic E-state index is -4.59. The van der Waals surface area contributed by atoms with Gasteiger partial charge in [-0.15, -0.1) is 0 Å². The Balaban J connectivity index is 1.95. The lowest BCUT2D eigenvalue weighted by Gasteiger charge is -2.15. The number of aromatic nitrogens is 2. The average molecular weight is 453 g/mol. The van der Waals surface area contributed by atoms with Crippen LogP contribution in [-0.2, 0) is 18.0 Å². The molecule has 0 saturated carbocycles. The van der Waals surface area contributed by atoms with Gasteiger partial charge in [-0.25, -0.2) is 0 Å². The summed E-state index contributed by atoms with van der Waals surface area (Å²) in [6.45, 7) is -0.724. The first-order valence-electron chi connectivity index (χ1n) is 8.69. The van der Waals surface area contributed by atoms with Gasteiger partial charge in [-0.2, -0.15) is 18.3 Å². The molecule has 0 fully saturated rings. The number of anilines is 1. The highest BCUT2D eigenvalue weighted by molar-refractivity contribution is 6.33. The van der Waals surface area contributed by atoms with Crippen molar-refractivity contribution in [2.24, 2.45) is 7.05 Å². The smallest absolute Gasteiger partial charge is 0.416 e. The molecule has 31 heavy (non-hydrogen) atoms. The van der Waals surface area contributed by atoms with Gasteiger partial charge in [-0.3, -0.25) is 9.48 Å². The number of carboxylic acids is 1. The predicted molar refractivity (Wildman–Crippen MR) is 104 cm³/mol. The number of aliphatic carboxylic acids is 1. The average Bonchev–Trinajstić information content (AvgIpc) is 3.04. The second-order valence-corrected chi connectivity index (χ2v) is 6.78. The number of carboxylic acid groups (broad SMARTS) is 1. The van der Waals surface area contributed by atoms with Crippen LogP contribution in [0.25, 0.3) is 11.3 Å². The summed E-state index contributed by atoms with van der Waals surface area (Å²) in [6, 6.07) is 8.23. The number of nitrogens with zero attached hydrogens (tertiary/aromatic N) is 2. The molecule has 162 valence electrons. The minimum Gasteiger partial charge on any atom is -0.546 e. The first-order valence-corrected chi connectivity index (χ1v) is 9.07. The molecule has 1 aromatic heterocycles. The normalized spacial score (nSPS) is 11.3. The van der Waals surface area contributed by atoms with Crippen molar-refractivity contribution in [3.63, 3.8) is 0 Å².